The first-order valence-electron chi connectivity index (χ1n) is 11.4. The smallest absolute Gasteiger partial charge is 0.227 e. The first kappa shape index (κ1) is 26.2. The SMILES string of the molecule is COCCCOc1cc(CC(=O)N(C(C)C)[C@@H]2CCCNC2)cc(-c2ccccc2)c1.Cl. The molecule has 1 heterocycles. The summed E-state index contributed by atoms with van der Waals surface area (Å²) in [7, 11) is 1.70. The van der Waals surface area contributed by atoms with Crippen LogP contribution in [0.5, 0.6) is 5.75 Å². The lowest BCUT2D eigenvalue weighted by Gasteiger charge is -2.37. The molecule has 0 aromatic heterocycles. The molecule has 2 aromatic carbocycles. The van der Waals surface area contributed by atoms with Crippen molar-refractivity contribution in [2.75, 3.05) is 33.4 Å². The van der Waals surface area contributed by atoms with Crippen molar-refractivity contribution in [3.8, 4) is 16.9 Å². The van der Waals surface area contributed by atoms with Gasteiger partial charge in [0.15, 0.2) is 0 Å². The fourth-order valence-electron chi connectivity index (χ4n) is 4.29. The average Bonchev–Trinajstić information content (AvgIpc) is 2.78. The van der Waals surface area contributed by atoms with Crippen molar-refractivity contribution in [2.24, 2.45) is 0 Å². The van der Waals surface area contributed by atoms with Gasteiger partial charge in [-0.05, 0) is 62.1 Å². The van der Waals surface area contributed by atoms with E-state index >= 15 is 0 Å². The van der Waals surface area contributed by atoms with Crippen LogP contribution in [-0.2, 0) is 16.0 Å². The molecule has 2 aromatic rings. The molecule has 1 saturated heterocycles. The van der Waals surface area contributed by atoms with E-state index in [1.165, 1.54) is 0 Å². The van der Waals surface area contributed by atoms with Crippen LogP contribution in [0.15, 0.2) is 48.5 Å². The number of nitrogens with zero attached hydrogens (tertiary/aromatic N) is 1. The van der Waals surface area contributed by atoms with Crippen LogP contribution in [0.3, 0.4) is 0 Å². The molecule has 32 heavy (non-hydrogen) atoms. The fourth-order valence-corrected chi connectivity index (χ4v) is 4.29. The van der Waals surface area contributed by atoms with E-state index in [1.54, 1.807) is 7.11 Å². The highest BCUT2D eigenvalue weighted by atomic mass is 35.5. The molecule has 0 bridgehead atoms. The second kappa shape index (κ2) is 13.5. The number of nitrogens with one attached hydrogen (secondary N) is 1. The zero-order valence-electron chi connectivity index (χ0n) is 19.5. The van der Waals surface area contributed by atoms with Gasteiger partial charge in [0.25, 0.3) is 0 Å². The zero-order chi connectivity index (χ0) is 22.1. The maximum Gasteiger partial charge on any atom is 0.227 e. The van der Waals surface area contributed by atoms with Gasteiger partial charge in [0.2, 0.25) is 5.91 Å². The number of carbonyl (C=O) groups is 1. The van der Waals surface area contributed by atoms with Gasteiger partial charge in [-0.25, -0.2) is 0 Å². The summed E-state index contributed by atoms with van der Waals surface area (Å²) < 4.78 is 11.1. The van der Waals surface area contributed by atoms with E-state index < -0.39 is 0 Å². The van der Waals surface area contributed by atoms with E-state index in [1.807, 2.05) is 24.3 Å². The number of methoxy groups -OCH3 is 1. The van der Waals surface area contributed by atoms with Gasteiger partial charge in [0, 0.05) is 38.8 Å². The van der Waals surface area contributed by atoms with Crippen LogP contribution in [-0.4, -0.2) is 56.3 Å². The Labute approximate surface area is 198 Å². The van der Waals surface area contributed by atoms with E-state index in [-0.39, 0.29) is 30.4 Å². The van der Waals surface area contributed by atoms with Crippen LogP contribution >= 0.6 is 12.4 Å². The summed E-state index contributed by atoms with van der Waals surface area (Å²) in [6, 6.07) is 16.9. The van der Waals surface area contributed by atoms with Crippen LogP contribution in [0.1, 0.15) is 38.7 Å². The second-order valence-electron chi connectivity index (χ2n) is 8.50. The number of benzene rings is 2. The Morgan fingerprint density at radius 2 is 1.91 bits per heavy atom. The van der Waals surface area contributed by atoms with Crippen LogP contribution in [0.2, 0.25) is 0 Å². The normalized spacial score (nSPS) is 15.8. The number of rotatable bonds is 10. The van der Waals surface area contributed by atoms with Gasteiger partial charge < -0.3 is 19.7 Å². The Bertz CT molecular complexity index is 823. The predicted octanol–water partition coefficient (Wildman–Crippen LogP) is 4.72. The number of carbonyl (C=O) groups excluding carboxylic acids is 1. The summed E-state index contributed by atoms with van der Waals surface area (Å²) in [5.41, 5.74) is 3.18. The topological polar surface area (TPSA) is 50.8 Å². The Morgan fingerprint density at radius 3 is 2.56 bits per heavy atom. The third-order valence-corrected chi connectivity index (χ3v) is 5.70. The van der Waals surface area contributed by atoms with Gasteiger partial charge in [-0.15, -0.1) is 12.4 Å². The maximum atomic E-state index is 13.4. The van der Waals surface area contributed by atoms with Crippen LogP contribution < -0.4 is 10.1 Å². The number of hydrogen-bond acceptors (Lipinski definition) is 4. The lowest BCUT2D eigenvalue weighted by Crippen LogP contribution is -2.52. The summed E-state index contributed by atoms with van der Waals surface area (Å²) in [6.07, 6.45) is 3.39. The molecule has 1 atom stereocenters. The molecule has 0 saturated carbocycles. The Kier molecular flexibility index (Phi) is 11.0. The molecule has 0 unspecified atom stereocenters. The second-order valence-corrected chi connectivity index (χ2v) is 8.50. The molecule has 176 valence electrons. The molecule has 1 fully saturated rings. The number of amides is 1. The quantitative estimate of drug-likeness (QED) is 0.521. The monoisotopic (exact) mass is 460 g/mol. The van der Waals surface area contributed by atoms with Crippen molar-refractivity contribution in [3.05, 3.63) is 54.1 Å². The van der Waals surface area contributed by atoms with Crippen LogP contribution in [0.4, 0.5) is 0 Å². The highest BCUT2D eigenvalue weighted by Gasteiger charge is 2.27. The lowest BCUT2D eigenvalue weighted by molar-refractivity contribution is -0.135. The molecule has 1 amide bonds. The van der Waals surface area contributed by atoms with Gasteiger partial charge in [-0.2, -0.15) is 0 Å². The number of halogens is 1. The fraction of sp³-hybridized carbons (Fsp3) is 0.500. The van der Waals surface area contributed by atoms with Gasteiger partial charge >= 0.3 is 0 Å². The molecular formula is C26H37ClN2O3. The van der Waals surface area contributed by atoms with Gasteiger partial charge in [0.05, 0.1) is 13.0 Å². The molecule has 0 spiro atoms. The lowest BCUT2D eigenvalue weighted by atomic mass is 9.99. The summed E-state index contributed by atoms with van der Waals surface area (Å²) in [4.78, 5) is 15.4. The molecule has 0 aliphatic carbocycles. The summed E-state index contributed by atoms with van der Waals surface area (Å²) >= 11 is 0. The van der Waals surface area contributed by atoms with Crippen molar-refractivity contribution >= 4 is 18.3 Å². The van der Waals surface area contributed by atoms with Gasteiger partial charge in [0.1, 0.15) is 5.75 Å². The maximum absolute atomic E-state index is 13.4. The minimum atomic E-state index is 0. The standard InChI is InChI=1S/C26H36N2O3.ClH/c1-20(2)28(24-11-7-12-27-19-24)26(29)17-21-15-23(22-9-5-4-6-10-22)18-25(16-21)31-14-8-13-30-3;/h4-6,9-10,15-16,18,20,24,27H,7-8,11-14,17,19H2,1-3H3;1H/t24-;/m1./s1. The Hall–Kier alpha value is -2.08. The molecule has 1 aliphatic heterocycles. The Morgan fingerprint density at radius 1 is 1.12 bits per heavy atom. The van der Waals surface area contributed by atoms with Crippen LogP contribution in [0, 0.1) is 0 Å². The van der Waals surface area contributed by atoms with Crippen molar-refractivity contribution in [2.45, 2.75) is 51.6 Å². The molecule has 1 aliphatic rings. The van der Waals surface area contributed by atoms with Crippen molar-refractivity contribution < 1.29 is 14.3 Å². The zero-order valence-corrected chi connectivity index (χ0v) is 20.3. The van der Waals surface area contributed by atoms with Crippen molar-refractivity contribution in [1.29, 1.82) is 0 Å². The first-order valence-corrected chi connectivity index (χ1v) is 11.4. The highest BCUT2D eigenvalue weighted by Crippen LogP contribution is 2.27. The third kappa shape index (κ3) is 7.51. The van der Waals surface area contributed by atoms with Crippen LogP contribution in [0.25, 0.3) is 11.1 Å². The summed E-state index contributed by atoms with van der Waals surface area (Å²) in [5, 5.41) is 3.44. The van der Waals surface area contributed by atoms with Gasteiger partial charge in [-0.3, -0.25) is 4.79 Å². The molecule has 6 heteroatoms. The van der Waals surface area contributed by atoms with E-state index in [0.717, 1.165) is 54.8 Å². The summed E-state index contributed by atoms with van der Waals surface area (Å²) in [5.74, 6) is 0.981. The van der Waals surface area contributed by atoms with E-state index in [4.69, 9.17) is 9.47 Å². The first-order chi connectivity index (χ1) is 15.1. The largest absolute Gasteiger partial charge is 0.493 e. The predicted molar refractivity (Wildman–Crippen MR) is 133 cm³/mol. The molecule has 0 radical (unpaired) electrons. The average molecular weight is 461 g/mol. The third-order valence-electron chi connectivity index (χ3n) is 5.70. The van der Waals surface area contributed by atoms with Gasteiger partial charge in [-0.1, -0.05) is 36.4 Å². The van der Waals surface area contributed by atoms with Crippen molar-refractivity contribution in [1.82, 2.24) is 10.2 Å². The molecular weight excluding hydrogens is 424 g/mol. The number of hydrogen-bond donors (Lipinski definition) is 1. The molecule has 5 nitrogen and oxygen atoms in total. The number of piperidine rings is 1. The Balaban J connectivity index is 0.00000363. The number of ether oxygens (including phenoxy) is 2. The minimum absolute atomic E-state index is 0. The molecule has 3 rings (SSSR count). The highest BCUT2D eigenvalue weighted by molar-refractivity contribution is 5.85. The van der Waals surface area contributed by atoms with E-state index in [9.17, 15) is 4.79 Å². The van der Waals surface area contributed by atoms with E-state index in [2.05, 4.69) is 48.3 Å². The summed E-state index contributed by atoms with van der Waals surface area (Å²) in [6.45, 7) is 7.39. The molecule has 1 N–H and O–H groups in total. The minimum Gasteiger partial charge on any atom is -0.493 e. The van der Waals surface area contributed by atoms with E-state index in [0.29, 0.717) is 19.6 Å². The van der Waals surface area contributed by atoms with Crippen molar-refractivity contribution in [3.63, 3.8) is 0 Å².